The fourth-order valence-corrected chi connectivity index (χ4v) is 3.39. The summed E-state index contributed by atoms with van der Waals surface area (Å²) >= 11 is 1.48. The van der Waals surface area contributed by atoms with Gasteiger partial charge in [-0.1, -0.05) is 17.8 Å². The van der Waals surface area contributed by atoms with E-state index in [4.69, 9.17) is 13.9 Å². The van der Waals surface area contributed by atoms with Crippen molar-refractivity contribution >= 4 is 23.6 Å². The molecule has 1 aliphatic rings. The Labute approximate surface area is 167 Å². The number of hydrogen-bond acceptors (Lipinski definition) is 8. The molecule has 0 bridgehead atoms. The van der Waals surface area contributed by atoms with Gasteiger partial charge in [-0.05, 0) is 31.4 Å². The number of fused-ring (bicyclic) bond motifs is 1. The second kappa shape index (κ2) is 8.76. The normalized spacial score (nSPS) is 18.3. The SMILES string of the molecule is CSc1nc2nc(C)cc(OCC3CN(CC=Cc4ccco4)CCO3)n2n1. The lowest BCUT2D eigenvalue weighted by atomic mass is 10.2. The molecule has 4 rings (SSSR count). The van der Waals surface area contributed by atoms with E-state index in [-0.39, 0.29) is 6.10 Å². The fourth-order valence-electron chi connectivity index (χ4n) is 3.05. The molecule has 0 aromatic carbocycles. The van der Waals surface area contributed by atoms with E-state index in [1.165, 1.54) is 11.8 Å². The lowest BCUT2D eigenvalue weighted by molar-refractivity contribution is -0.0455. The van der Waals surface area contributed by atoms with Crippen molar-refractivity contribution in [1.82, 2.24) is 24.5 Å². The first-order valence-corrected chi connectivity index (χ1v) is 10.4. The summed E-state index contributed by atoms with van der Waals surface area (Å²) in [6, 6.07) is 5.70. The number of aryl methyl sites for hydroxylation is 1. The summed E-state index contributed by atoms with van der Waals surface area (Å²) in [5, 5.41) is 5.10. The van der Waals surface area contributed by atoms with Gasteiger partial charge in [0.15, 0.2) is 0 Å². The van der Waals surface area contributed by atoms with Gasteiger partial charge in [0.1, 0.15) is 18.5 Å². The summed E-state index contributed by atoms with van der Waals surface area (Å²) in [4.78, 5) is 11.1. The van der Waals surface area contributed by atoms with Gasteiger partial charge in [-0.25, -0.2) is 4.98 Å². The number of hydrogen-bond donors (Lipinski definition) is 0. The van der Waals surface area contributed by atoms with Gasteiger partial charge in [0, 0.05) is 31.4 Å². The van der Waals surface area contributed by atoms with Crippen LogP contribution in [0.3, 0.4) is 0 Å². The average Bonchev–Trinajstić information content (AvgIpc) is 3.36. The van der Waals surface area contributed by atoms with Crippen LogP contribution in [0.25, 0.3) is 11.9 Å². The number of furan rings is 1. The zero-order valence-corrected chi connectivity index (χ0v) is 16.8. The van der Waals surface area contributed by atoms with Crippen molar-refractivity contribution in [1.29, 1.82) is 0 Å². The van der Waals surface area contributed by atoms with Gasteiger partial charge in [-0.2, -0.15) is 9.50 Å². The number of nitrogens with zero attached hydrogens (tertiary/aromatic N) is 5. The van der Waals surface area contributed by atoms with Crippen LogP contribution in [0.2, 0.25) is 0 Å². The molecule has 1 unspecified atom stereocenters. The summed E-state index contributed by atoms with van der Waals surface area (Å²) in [5.41, 5.74) is 0.844. The van der Waals surface area contributed by atoms with Gasteiger partial charge < -0.3 is 13.9 Å². The average molecular weight is 401 g/mol. The van der Waals surface area contributed by atoms with Crippen molar-refractivity contribution in [3.8, 4) is 5.88 Å². The van der Waals surface area contributed by atoms with E-state index >= 15 is 0 Å². The van der Waals surface area contributed by atoms with E-state index in [1.54, 1.807) is 10.8 Å². The van der Waals surface area contributed by atoms with Crippen molar-refractivity contribution in [2.24, 2.45) is 0 Å². The minimum Gasteiger partial charge on any atom is -0.475 e. The van der Waals surface area contributed by atoms with Crippen molar-refractivity contribution < 1.29 is 13.9 Å². The molecule has 0 amide bonds. The van der Waals surface area contributed by atoms with Crippen molar-refractivity contribution in [3.63, 3.8) is 0 Å². The molecule has 1 atom stereocenters. The van der Waals surface area contributed by atoms with Crippen LogP contribution in [0.15, 0.2) is 40.1 Å². The van der Waals surface area contributed by atoms with E-state index in [1.807, 2.05) is 37.5 Å². The van der Waals surface area contributed by atoms with E-state index < -0.39 is 0 Å². The maximum absolute atomic E-state index is 6.04. The first-order chi connectivity index (χ1) is 13.7. The second-order valence-corrected chi connectivity index (χ2v) is 7.30. The van der Waals surface area contributed by atoms with Gasteiger partial charge in [-0.3, -0.25) is 4.90 Å². The molecule has 0 aliphatic carbocycles. The Morgan fingerprint density at radius 2 is 2.32 bits per heavy atom. The van der Waals surface area contributed by atoms with Gasteiger partial charge >= 0.3 is 0 Å². The molecule has 8 nitrogen and oxygen atoms in total. The molecule has 0 spiro atoms. The number of thioether (sulfide) groups is 1. The smallest absolute Gasteiger partial charge is 0.256 e. The second-order valence-electron chi connectivity index (χ2n) is 6.53. The van der Waals surface area contributed by atoms with E-state index in [9.17, 15) is 0 Å². The molecule has 3 aromatic rings. The summed E-state index contributed by atoms with van der Waals surface area (Å²) in [5.74, 6) is 2.05. The maximum Gasteiger partial charge on any atom is 0.256 e. The molecule has 148 valence electrons. The van der Waals surface area contributed by atoms with Crippen LogP contribution in [0.1, 0.15) is 11.5 Å². The molecule has 4 heterocycles. The van der Waals surface area contributed by atoms with Crippen molar-refractivity contribution in [2.75, 3.05) is 39.1 Å². The highest BCUT2D eigenvalue weighted by atomic mass is 32.2. The molecule has 0 N–H and O–H groups in total. The first-order valence-electron chi connectivity index (χ1n) is 9.16. The van der Waals surface area contributed by atoms with Gasteiger partial charge in [0.25, 0.3) is 5.78 Å². The highest BCUT2D eigenvalue weighted by Gasteiger charge is 2.21. The Hall–Kier alpha value is -2.36. The lowest BCUT2D eigenvalue weighted by Gasteiger charge is -2.32. The maximum atomic E-state index is 6.04. The van der Waals surface area contributed by atoms with Crippen molar-refractivity contribution in [3.05, 3.63) is 42.0 Å². The Bertz CT molecular complexity index is 941. The van der Waals surface area contributed by atoms with Crippen LogP contribution in [0.5, 0.6) is 5.88 Å². The minimum atomic E-state index is -0.00201. The molecule has 0 radical (unpaired) electrons. The predicted octanol–water partition coefficient (Wildman–Crippen LogP) is 2.54. The summed E-state index contributed by atoms with van der Waals surface area (Å²) in [6.45, 7) is 5.61. The Morgan fingerprint density at radius 3 is 3.14 bits per heavy atom. The topological polar surface area (TPSA) is 77.9 Å². The molecule has 1 fully saturated rings. The van der Waals surface area contributed by atoms with Crippen LogP contribution in [-0.2, 0) is 4.74 Å². The van der Waals surface area contributed by atoms with E-state index in [0.29, 0.717) is 30.0 Å². The molecule has 0 saturated carbocycles. The number of aromatic nitrogens is 4. The van der Waals surface area contributed by atoms with Crippen LogP contribution in [-0.4, -0.2) is 69.7 Å². The van der Waals surface area contributed by atoms with Crippen LogP contribution in [0, 0.1) is 6.92 Å². The zero-order valence-electron chi connectivity index (χ0n) is 15.9. The monoisotopic (exact) mass is 401 g/mol. The third-order valence-corrected chi connectivity index (χ3v) is 4.94. The Kier molecular flexibility index (Phi) is 5.94. The van der Waals surface area contributed by atoms with Crippen LogP contribution < -0.4 is 4.74 Å². The van der Waals surface area contributed by atoms with Crippen LogP contribution >= 0.6 is 11.8 Å². The third kappa shape index (κ3) is 4.54. The number of morpholine rings is 1. The van der Waals surface area contributed by atoms with Gasteiger partial charge in [0.2, 0.25) is 11.0 Å². The molecular formula is C19H23N5O3S. The molecule has 9 heteroatoms. The van der Waals surface area contributed by atoms with E-state index in [0.717, 1.165) is 31.1 Å². The molecule has 1 aliphatic heterocycles. The Morgan fingerprint density at radius 1 is 1.39 bits per heavy atom. The molecular weight excluding hydrogens is 378 g/mol. The van der Waals surface area contributed by atoms with E-state index in [2.05, 4.69) is 26.0 Å². The molecule has 1 saturated heterocycles. The number of ether oxygens (including phenoxy) is 2. The standard InChI is InChI=1S/C19H23N5O3S/c1-14-11-17(24-18(20-14)21-19(22-24)28-2)27-13-16-12-23(8-10-26-16)7-3-5-15-6-4-9-25-15/h3-6,9,11,16H,7-8,10,12-13H2,1-2H3. The third-order valence-electron chi connectivity index (χ3n) is 4.40. The molecule has 28 heavy (non-hydrogen) atoms. The van der Waals surface area contributed by atoms with Crippen molar-refractivity contribution in [2.45, 2.75) is 18.2 Å². The largest absolute Gasteiger partial charge is 0.475 e. The highest BCUT2D eigenvalue weighted by Crippen LogP contribution is 2.18. The summed E-state index contributed by atoms with van der Waals surface area (Å²) < 4.78 is 18.9. The minimum absolute atomic E-state index is 0.00201. The number of rotatable bonds is 7. The lowest BCUT2D eigenvalue weighted by Crippen LogP contribution is -2.45. The zero-order chi connectivity index (χ0) is 19.3. The fraction of sp³-hybridized carbons (Fsp3) is 0.421. The van der Waals surface area contributed by atoms with Gasteiger partial charge in [0.05, 0.1) is 12.9 Å². The Balaban J connectivity index is 1.35. The summed E-state index contributed by atoms with van der Waals surface area (Å²) in [7, 11) is 0. The predicted molar refractivity (Wildman–Crippen MR) is 107 cm³/mol. The molecule has 3 aromatic heterocycles. The quantitative estimate of drug-likeness (QED) is 0.559. The van der Waals surface area contributed by atoms with Crippen LogP contribution in [0.4, 0.5) is 0 Å². The summed E-state index contributed by atoms with van der Waals surface area (Å²) in [6.07, 6.45) is 7.71. The highest BCUT2D eigenvalue weighted by molar-refractivity contribution is 7.98. The first kappa shape index (κ1) is 19.0. The van der Waals surface area contributed by atoms with Gasteiger partial charge in [-0.15, -0.1) is 5.10 Å².